The van der Waals surface area contributed by atoms with E-state index >= 15 is 0 Å². The van der Waals surface area contributed by atoms with Crippen LogP contribution in [0.3, 0.4) is 0 Å². The molecule has 1 aliphatic heterocycles. The Morgan fingerprint density at radius 3 is 2.52 bits per heavy atom. The Morgan fingerprint density at radius 1 is 1.14 bits per heavy atom. The van der Waals surface area contributed by atoms with Crippen molar-refractivity contribution in [1.82, 2.24) is 4.90 Å². The van der Waals surface area contributed by atoms with Crippen molar-refractivity contribution in [3.8, 4) is 11.5 Å². The number of hydrogen-bond acceptors (Lipinski definition) is 11. The largest absolute Gasteiger partial charge is 0.508 e. The highest BCUT2D eigenvalue weighted by molar-refractivity contribution is 6.02. The Kier molecular flexibility index (Phi) is 12.1. The number of allylic oxidation sites excluding steroid dienone is 1. The fourth-order valence-electron chi connectivity index (χ4n) is 7.91. The number of unbranched alkanes of at least 4 members (excludes halogenated alkanes) is 2. The Hall–Kier alpha value is -4.46. The van der Waals surface area contributed by atoms with Crippen LogP contribution in [-0.2, 0) is 20.9 Å². The van der Waals surface area contributed by atoms with Gasteiger partial charge in [-0.2, -0.15) is 0 Å². The van der Waals surface area contributed by atoms with Gasteiger partial charge in [-0.05, 0) is 79.0 Å². The van der Waals surface area contributed by atoms with Crippen molar-refractivity contribution in [2.45, 2.75) is 69.3 Å². The molecule has 270 valence electrons. The molecule has 6 unspecified atom stereocenters. The van der Waals surface area contributed by atoms with Crippen LogP contribution in [0.2, 0.25) is 0 Å². The minimum absolute atomic E-state index is 0.0228. The predicted octanol–water partition coefficient (Wildman–Crippen LogP) is 5.83. The first-order valence-corrected chi connectivity index (χ1v) is 17.1. The number of non-ortho nitro benzene ring substituents is 1. The summed E-state index contributed by atoms with van der Waals surface area (Å²) in [6.45, 7) is 4.21. The zero-order valence-electron chi connectivity index (χ0n) is 28.6. The van der Waals surface area contributed by atoms with Crippen LogP contribution in [0.5, 0.6) is 11.5 Å². The molecule has 1 saturated carbocycles. The molecule has 1 fully saturated rings. The third-order valence-electron chi connectivity index (χ3n) is 10.1. The number of ether oxygens (including phenoxy) is 3. The van der Waals surface area contributed by atoms with Crippen LogP contribution < -0.4 is 4.74 Å². The molecule has 0 saturated heterocycles. The summed E-state index contributed by atoms with van der Waals surface area (Å²) < 4.78 is 18.8. The van der Waals surface area contributed by atoms with E-state index in [1.807, 2.05) is 0 Å². The number of amides is 1. The van der Waals surface area contributed by atoms with E-state index < -0.39 is 28.8 Å². The first-order chi connectivity index (χ1) is 24.2. The highest BCUT2D eigenvalue weighted by Gasteiger charge is 2.65. The molecular weight excluding hydrogens is 646 g/mol. The fraction of sp³-hybridized carbons (Fsp3) is 0.514. The lowest BCUT2D eigenvalue weighted by molar-refractivity contribution is -0.384. The van der Waals surface area contributed by atoms with Crippen molar-refractivity contribution in [3.05, 3.63) is 88.0 Å². The van der Waals surface area contributed by atoms with E-state index in [0.717, 1.165) is 36.8 Å². The standard InChI is InChI=1S/C37H47N3O10/c1-4-19-48-37-33(39(2)36(44)47-3)22-31(38-49-23-24-11-13-26(14-12-24)40(45)46)29-20-25(9-5-7-17-41)28(10-6-8-18-42)34(35(29)37)30-21-27(43)15-16-32(30)50-37/h4,11-16,20-21,25,28,33-35,41-43H,1,5-10,17-19,22-23H2,2-3H3. The van der Waals surface area contributed by atoms with Gasteiger partial charge in [0.1, 0.15) is 24.1 Å². The smallest absolute Gasteiger partial charge is 0.409 e. The summed E-state index contributed by atoms with van der Waals surface area (Å²) in [5.74, 6) is -1.51. The molecule has 0 spiro atoms. The van der Waals surface area contributed by atoms with Gasteiger partial charge in [0, 0.05) is 50.3 Å². The molecular formula is C37H47N3O10. The third kappa shape index (κ3) is 7.49. The van der Waals surface area contributed by atoms with Gasteiger partial charge in [0.05, 0.1) is 30.3 Å². The molecule has 6 atom stereocenters. The van der Waals surface area contributed by atoms with Crippen LogP contribution in [0.15, 0.2) is 71.9 Å². The van der Waals surface area contributed by atoms with Crippen LogP contribution in [-0.4, -0.2) is 82.8 Å². The SMILES string of the molecule is C=CCOC12Oc3ccc(O)cc3C3C(CCCCO)C(CCCCO)C=C(C(=NOCc4ccc([N+](=O)[O-])cc4)CC1N(C)C(=O)OC)C32. The number of benzene rings is 2. The van der Waals surface area contributed by atoms with Gasteiger partial charge in [-0.15, -0.1) is 6.58 Å². The zero-order chi connectivity index (χ0) is 35.8. The maximum absolute atomic E-state index is 13.2. The number of aromatic hydroxyl groups is 1. The Labute approximate surface area is 291 Å². The lowest BCUT2D eigenvalue weighted by atomic mass is 9.55. The highest BCUT2D eigenvalue weighted by atomic mass is 16.7. The van der Waals surface area contributed by atoms with E-state index in [1.54, 1.807) is 43.5 Å². The van der Waals surface area contributed by atoms with Gasteiger partial charge in [0.15, 0.2) is 0 Å². The zero-order valence-corrected chi connectivity index (χ0v) is 28.6. The first-order valence-electron chi connectivity index (χ1n) is 17.1. The van der Waals surface area contributed by atoms with Gasteiger partial charge in [0.25, 0.3) is 5.69 Å². The van der Waals surface area contributed by atoms with E-state index in [2.05, 4.69) is 17.8 Å². The minimum Gasteiger partial charge on any atom is -0.508 e. The van der Waals surface area contributed by atoms with Gasteiger partial charge in [-0.1, -0.05) is 30.1 Å². The second kappa shape index (κ2) is 16.5. The molecule has 1 heterocycles. The lowest BCUT2D eigenvalue weighted by Gasteiger charge is -2.59. The molecule has 0 aromatic heterocycles. The summed E-state index contributed by atoms with van der Waals surface area (Å²) in [6.07, 6.45) is 7.83. The van der Waals surface area contributed by atoms with Crippen molar-refractivity contribution in [1.29, 1.82) is 0 Å². The first kappa shape index (κ1) is 36.8. The Morgan fingerprint density at radius 2 is 1.86 bits per heavy atom. The number of carbonyl (C=O) groups is 1. The maximum atomic E-state index is 13.2. The van der Waals surface area contributed by atoms with E-state index in [4.69, 9.17) is 19.0 Å². The molecule has 13 nitrogen and oxygen atoms in total. The number of methoxy groups -OCH3 is 1. The monoisotopic (exact) mass is 693 g/mol. The number of likely N-dealkylation sites (N-methyl/N-ethyl adjacent to an activating group) is 1. The number of phenolic OH excluding ortho intramolecular Hbond substituents is 1. The number of hydrogen-bond donors (Lipinski definition) is 3. The van der Waals surface area contributed by atoms with E-state index in [-0.39, 0.29) is 62.0 Å². The fourth-order valence-corrected chi connectivity index (χ4v) is 7.91. The summed E-state index contributed by atoms with van der Waals surface area (Å²) in [7, 11) is 2.94. The molecule has 50 heavy (non-hydrogen) atoms. The number of aliphatic hydroxyl groups is 2. The number of aliphatic hydroxyl groups excluding tert-OH is 2. The Balaban J connectivity index is 1.68. The van der Waals surface area contributed by atoms with Gasteiger partial charge in [0.2, 0.25) is 5.79 Å². The van der Waals surface area contributed by atoms with Crippen molar-refractivity contribution in [2.75, 3.05) is 34.0 Å². The molecule has 1 amide bonds. The summed E-state index contributed by atoms with van der Waals surface area (Å²) in [5, 5.41) is 45.9. The summed E-state index contributed by atoms with van der Waals surface area (Å²) in [5.41, 5.74) is 2.91. The van der Waals surface area contributed by atoms with Gasteiger partial charge >= 0.3 is 6.09 Å². The van der Waals surface area contributed by atoms with Crippen molar-refractivity contribution in [3.63, 3.8) is 0 Å². The average molecular weight is 694 g/mol. The highest BCUT2D eigenvalue weighted by Crippen LogP contribution is 2.61. The number of nitro benzene ring substituents is 1. The number of nitro groups is 1. The molecule has 3 N–H and O–H groups in total. The van der Waals surface area contributed by atoms with Crippen LogP contribution in [0, 0.1) is 27.9 Å². The molecule has 2 aliphatic carbocycles. The minimum atomic E-state index is -1.42. The van der Waals surface area contributed by atoms with Crippen molar-refractivity contribution >= 4 is 17.5 Å². The second-order valence-electron chi connectivity index (χ2n) is 13.1. The van der Waals surface area contributed by atoms with Crippen LogP contribution in [0.1, 0.15) is 62.0 Å². The topological polar surface area (TPSA) is 173 Å². The van der Waals surface area contributed by atoms with Gasteiger partial charge in [-0.3, -0.25) is 10.1 Å². The van der Waals surface area contributed by atoms with Crippen LogP contribution in [0.4, 0.5) is 10.5 Å². The second-order valence-corrected chi connectivity index (χ2v) is 13.1. The van der Waals surface area contributed by atoms with E-state index in [0.29, 0.717) is 29.9 Å². The van der Waals surface area contributed by atoms with Crippen molar-refractivity contribution < 1.29 is 44.1 Å². The number of rotatable bonds is 16. The molecule has 0 radical (unpaired) electrons. The quantitative estimate of drug-likeness (QED) is 0.0840. The number of phenols is 1. The normalized spacial score (nSPS) is 25.8. The van der Waals surface area contributed by atoms with Crippen LogP contribution >= 0.6 is 0 Å². The van der Waals surface area contributed by atoms with Crippen molar-refractivity contribution in [2.24, 2.45) is 22.9 Å². The average Bonchev–Trinajstić information content (AvgIpc) is 3.12. The third-order valence-corrected chi connectivity index (χ3v) is 10.1. The Bertz CT molecular complexity index is 1580. The molecule has 0 bridgehead atoms. The molecule has 2 aromatic carbocycles. The summed E-state index contributed by atoms with van der Waals surface area (Å²) in [4.78, 5) is 31.3. The molecule has 2 aromatic rings. The number of carbonyl (C=O) groups excluding carboxylic acids is 1. The maximum Gasteiger partial charge on any atom is 0.409 e. The van der Waals surface area contributed by atoms with Gasteiger partial charge in [-0.25, -0.2) is 4.79 Å². The summed E-state index contributed by atoms with van der Waals surface area (Å²) >= 11 is 0. The molecule has 5 rings (SSSR count). The number of nitrogens with zero attached hydrogens (tertiary/aromatic N) is 3. The number of oxime groups is 1. The predicted molar refractivity (Wildman–Crippen MR) is 185 cm³/mol. The van der Waals surface area contributed by atoms with E-state index in [9.17, 15) is 30.2 Å². The van der Waals surface area contributed by atoms with E-state index in [1.165, 1.54) is 24.1 Å². The molecule has 3 aliphatic rings. The van der Waals surface area contributed by atoms with Crippen LogP contribution in [0.25, 0.3) is 0 Å². The number of fused-ring (bicyclic) bond motifs is 2. The lowest BCUT2D eigenvalue weighted by Crippen LogP contribution is -2.69. The molecule has 13 heteroatoms. The summed E-state index contributed by atoms with van der Waals surface area (Å²) in [6, 6.07) is 10.3. The van der Waals surface area contributed by atoms with Gasteiger partial charge < -0.3 is 39.3 Å².